The van der Waals surface area contributed by atoms with Crippen LogP contribution in [0, 0.1) is 34.0 Å². The summed E-state index contributed by atoms with van der Waals surface area (Å²) in [6.07, 6.45) is 9.51. The van der Waals surface area contributed by atoms with Gasteiger partial charge in [-0.1, -0.05) is 45.4 Å². The van der Waals surface area contributed by atoms with E-state index in [1.807, 2.05) is 6.08 Å². The Morgan fingerprint density at radius 2 is 1.95 bits per heavy atom. The molecule has 0 saturated heterocycles. The third-order valence-electron chi connectivity index (χ3n) is 11.0. The molecule has 4 aliphatic carbocycles. The van der Waals surface area contributed by atoms with Crippen molar-refractivity contribution in [1.82, 2.24) is 4.90 Å². The maximum atomic E-state index is 13.6. The van der Waals surface area contributed by atoms with E-state index in [2.05, 4.69) is 47.9 Å². The lowest BCUT2D eigenvalue weighted by Crippen LogP contribution is -2.61. The average molecular weight is 600 g/mol. The number of Topliss-reactive ketones (excluding diaryl/α,β-unsaturated/α-hetero) is 1. The van der Waals surface area contributed by atoms with Crippen molar-refractivity contribution in [3.63, 3.8) is 0 Å². The lowest BCUT2D eigenvalue weighted by Gasteiger charge is -2.60. The van der Waals surface area contributed by atoms with Gasteiger partial charge in [0.2, 0.25) is 0 Å². The van der Waals surface area contributed by atoms with Crippen LogP contribution < -0.4 is 0 Å². The molecule has 5 rings (SSSR count). The van der Waals surface area contributed by atoms with Crippen molar-refractivity contribution in [3.05, 3.63) is 46.2 Å². The first-order valence-electron chi connectivity index (χ1n) is 15.7. The van der Waals surface area contributed by atoms with E-state index in [0.717, 1.165) is 44.3 Å². The summed E-state index contributed by atoms with van der Waals surface area (Å²) in [4.78, 5) is 39.5. The molecular weight excluding hydrogens is 550 g/mol. The molecule has 2 unspecified atom stereocenters. The average Bonchev–Trinajstić information content (AvgIpc) is 3.58. The van der Waals surface area contributed by atoms with E-state index in [-0.39, 0.29) is 34.3 Å². The summed E-state index contributed by atoms with van der Waals surface area (Å²) < 4.78 is 4.55. The molecule has 1 aromatic rings. The van der Waals surface area contributed by atoms with Gasteiger partial charge >= 0.3 is 5.97 Å². The van der Waals surface area contributed by atoms with Crippen LogP contribution in [0.5, 0.6) is 0 Å². The number of allylic oxidation sites excluding steroid dienone is 4. The fraction of sp³-hybridized carbons (Fsp3) is 0.676. The minimum Gasteiger partial charge on any atom is -0.466 e. The number of thiophene rings is 1. The zero-order chi connectivity index (χ0) is 30.7. The van der Waals surface area contributed by atoms with Crippen LogP contribution in [0.2, 0.25) is 0 Å². The number of fused-ring (bicyclic) bond motifs is 5. The molecule has 0 aromatic carbocycles. The van der Waals surface area contributed by atoms with Gasteiger partial charge in [0.25, 0.3) is 0 Å². The van der Waals surface area contributed by atoms with E-state index in [4.69, 9.17) is 0 Å². The summed E-state index contributed by atoms with van der Waals surface area (Å²) in [5, 5.41) is 24.0. The first-order chi connectivity index (χ1) is 20.0. The molecule has 7 atom stereocenters. The minimum absolute atomic E-state index is 0.0462. The molecule has 42 heavy (non-hydrogen) atoms. The molecule has 0 bridgehead atoms. The van der Waals surface area contributed by atoms with Crippen LogP contribution in [0.1, 0.15) is 78.0 Å². The first kappa shape index (κ1) is 32.8. The van der Waals surface area contributed by atoms with Gasteiger partial charge in [-0.2, -0.15) is 0 Å². The highest BCUT2D eigenvalue weighted by molar-refractivity contribution is 7.09. The van der Waals surface area contributed by atoms with Gasteiger partial charge in [-0.3, -0.25) is 19.3 Å². The van der Waals surface area contributed by atoms with Crippen LogP contribution in [0.4, 0.5) is 0 Å². The van der Waals surface area contributed by atoms with Crippen molar-refractivity contribution in [2.24, 2.45) is 34.0 Å². The molecule has 3 saturated carbocycles. The van der Waals surface area contributed by atoms with E-state index in [9.17, 15) is 24.6 Å². The van der Waals surface area contributed by atoms with Crippen molar-refractivity contribution in [2.45, 2.75) is 85.8 Å². The fourth-order valence-corrected chi connectivity index (χ4v) is 9.69. The van der Waals surface area contributed by atoms with Gasteiger partial charge in [0.15, 0.2) is 11.6 Å². The fourth-order valence-electron chi connectivity index (χ4n) is 8.95. The monoisotopic (exact) mass is 599 g/mol. The molecular formula is C34H49NO6S. The van der Waals surface area contributed by atoms with Gasteiger partial charge in [0.05, 0.1) is 12.7 Å². The highest BCUT2D eigenvalue weighted by atomic mass is 32.1. The second kappa shape index (κ2) is 13.2. The number of rotatable bonds is 9. The van der Waals surface area contributed by atoms with E-state index < -0.39 is 18.1 Å². The Bertz CT molecular complexity index is 1190. The van der Waals surface area contributed by atoms with Crippen molar-refractivity contribution in [3.8, 4) is 0 Å². The predicted molar refractivity (Wildman–Crippen MR) is 165 cm³/mol. The number of hydrogen-bond donors (Lipinski definition) is 2. The van der Waals surface area contributed by atoms with Crippen LogP contribution in [0.3, 0.4) is 0 Å². The number of aliphatic hydroxyl groups is 2. The normalized spacial score (nSPS) is 35.0. The smallest absolute Gasteiger partial charge is 0.305 e. The Morgan fingerprint density at radius 3 is 2.55 bits per heavy atom. The zero-order valence-corrected chi connectivity index (χ0v) is 26.8. The van der Waals surface area contributed by atoms with Crippen LogP contribution in [-0.4, -0.2) is 65.1 Å². The van der Waals surface area contributed by atoms with E-state index >= 15 is 0 Å². The van der Waals surface area contributed by atoms with E-state index in [1.54, 1.807) is 37.3 Å². The summed E-state index contributed by atoms with van der Waals surface area (Å²) in [5.41, 5.74) is -0.195. The number of esters is 1. The molecule has 2 N–H and O–H groups in total. The SMILES string of the molecule is CCN(Cc1cccs1)C[C@]1(C(=O)CO)CCC2[C@@H]3CCC4=CC(=O)C=C[C@]4(C)C3[C@@H](O)C[C@@]21C.CCOC(=O)CC. The van der Waals surface area contributed by atoms with Gasteiger partial charge in [-0.25, -0.2) is 0 Å². The predicted octanol–water partition coefficient (Wildman–Crippen LogP) is 5.36. The first-order valence-corrected chi connectivity index (χ1v) is 16.5. The summed E-state index contributed by atoms with van der Waals surface area (Å²) in [6.45, 7) is 12.4. The number of carbonyl (C=O) groups is 3. The van der Waals surface area contributed by atoms with Crippen LogP contribution in [0.25, 0.3) is 0 Å². The number of ether oxygens (including phenoxy) is 1. The summed E-state index contributed by atoms with van der Waals surface area (Å²) >= 11 is 1.73. The highest BCUT2D eigenvalue weighted by Gasteiger charge is 2.68. The Morgan fingerprint density at radius 1 is 1.19 bits per heavy atom. The standard InChI is InChI=1S/C29H39NO4S.C5H10O2/c1-4-30(16-21-6-5-13-35-21)18-29(25(34)17-31)12-10-23-22-8-7-19-14-20(32)9-11-27(19,2)26(22)24(33)15-28(23,29)3;1-3-5(6)7-4-2/h5-6,9,11,13-14,22-24,26,31,33H,4,7-8,10,12,15-18H2,1-3H3;3-4H2,1-2H3/t22-,23?,24-,26?,27-,28-,29-;/m0./s1. The zero-order valence-electron chi connectivity index (χ0n) is 25.9. The molecule has 8 heteroatoms. The van der Waals surface area contributed by atoms with Crippen molar-refractivity contribution in [2.75, 3.05) is 26.3 Å². The lowest BCUT2D eigenvalue weighted by atomic mass is 9.44. The number of aliphatic hydroxyl groups excluding tert-OH is 2. The van der Waals surface area contributed by atoms with Gasteiger partial charge in [-0.15, -0.1) is 11.3 Å². The number of ketones is 2. The maximum absolute atomic E-state index is 13.6. The molecule has 0 spiro atoms. The lowest BCUT2D eigenvalue weighted by molar-refractivity contribution is -0.161. The molecule has 232 valence electrons. The van der Waals surface area contributed by atoms with E-state index in [1.165, 1.54) is 4.88 Å². The Hall–Kier alpha value is -2.13. The Kier molecular flexibility index (Phi) is 10.3. The van der Waals surface area contributed by atoms with Crippen LogP contribution in [-0.2, 0) is 25.7 Å². The van der Waals surface area contributed by atoms with Gasteiger partial charge < -0.3 is 14.9 Å². The summed E-state index contributed by atoms with van der Waals surface area (Å²) in [5.74, 6) is 0.523. The number of nitrogens with zero attached hydrogens (tertiary/aromatic N) is 1. The summed E-state index contributed by atoms with van der Waals surface area (Å²) in [7, 11) is 0. The molecule has 4 aliphatic rings. The molecule has 0 aliphatic heterocycles. The molecule has 1 heterocycles. The van der Waals surface area contributed by atoms with Crippen molar-refractivity contribution < 1.29 is 29.3 Å². The summed E-state index contributed by atoms with van der Waals surface area (Å²) in [6, 6.07) is 4.20. The topological polar surface area (TPSA) is 104 Å². The Balaban J connectivity index is 0.000000517. The van der Waals surface area contributed by atoms with Gasteiger partial charge in [-0.05, 0) is 86.4 Å². The number of hydrogen-bond acceptors (Lipinski definition) is 8. The molecule has 0 radical (unpaired) electrons. The van der Waals surface area contributed by atoms with Crippen molar-refractivity contribution in [1.29, 1.82) is 0 Å². The molecule has 0 amide bonds. The highest BCUT2D eigenvalue weighted by Crippen LogP contribution is 2.69. The second-order valence-corrected chi connectivity index (χ2v) is 14.0. The Labute approximate surface area is 255 Å². The largest absolute Gasteiger partial charge is 0.466 e. The van der Waals surface area contributed by atoms with Crippen molar-refractivity contribution >= 4 is 28.9 Å². The van der Waals surface area contributed by atoms with Crippen LogP contribution >= 0.6 is 11.3 Å². The van der Waals surface area contributed by atoms with Gasteiger partial charge in [0, 0.05) is 41.1 Å². The third-order valence-corrected chi connectivity index (χ3v) is 11.9. The molecule has 3 fully saturated rings. The molecule has 7 nitrogen and oxygen atoms in total. The van der Waals surface area contributed by atoms with E-state index in [0.29, 0.717) is 37.8 Å². The molecule has 1 aromatic heterocycles. The quantitative estimate of drug-likeness (QED) is 0.369. The second-order valence-electron chi connectivity index (χ2n) is 13.0. The maximum Gasteiger partial charge on any atom is 0.305 e. The van der Waals surface area contributed by atoms with Gasteiger partial charge in [0.1, 0.15) is 6.61 Å². The minimum atomic E-state index is -0.666. The van der Waals surface area contributed by atoms with Crippen LogP contribution in [0.15, 0.2) is 41.3 Å². The third kappa shape index (κ3) is 5.84. The number of carbonyl (C=O) groups excluding carboxylic acids is 3.